The van der Waals surface area contributed by atoms with Crippen molar-refractivity contribution in [3.05, 3.63) is 11.2 Å². The van der Waals surface area contributed by atoms with Gasteiger partial charge in [-0.05, 0) is 13.0 Å². The summed E-state index contributed by atoms with van der Waals surface area (Å²) in [7, 11) is 0. The van der Waals surface area contributed by atoms with E-state index in [0.717, 1.165) is 0 Å². The fraction of sp³-hybridized carbons (Fsp3) is 0.375. The molecule has 0 amide bonds. The van der Waals surface area contributed by atoms with Gasteiger partial charge in [-0.2, -0.15) is 0 Å². The summed E-state index contributed by atoms with van der Waals surface area (Å²) in [6.45, 7) is 2.66. The van der Waals surface area contributed by atoms with Crippen LogP contribution in [0, 0.1) is 0 Å². The second-order valence-corrected chi connectivity index (χ2v) is 2.39. The van der Waals surface area contributed by atoms with Crippen LogP contribution in [-0.2, 0) is 14.3 Å². The van der Waals surface area contributed by atoms with Gasteiger partial charge in [0.2, 0.25) is 0 Å². The molecule has 4 nitrogen and oxygen atoms in total. The van der Waals surface area contributed by atoms with Crippen molar-refractivity contribution in [1.82, 2.24) is 0 Å². The first-order valence-electron chi connectivity index (χ1n) is 3.68. The van der Waals surface area contributed by atoms with Gasteiger partial charge in [-0.15, -0.1) is 0 Å². The van der Waals surface area contributed by atoms with Gasteiger partial charge in [-0.3, -0.25) is 9.59 Å². The topological polar surface area (TPSA) is 55.7 Å². The Morgan fingerprint density at radius 2 is 2.46 bits per heavy atom. The van der Waals surface area contributed by atoms with Crippen LogP contribution in [0.15, 0.2) is 16.2 Å². The number of aliphatic imine (C=N–C) groups is 1. The number of hydrogen-bond donors (Lipinski definition) is 0. The van der Waals surface area contributed by atoms with Crippen LogP contribution in [0.2, 0.25) is 0 Å². The molecular formula is C8H10ClNO3. The zero-order valence-electron chi connectivity index (χ0n) is 7.20. The lowest BCUT2D eigenvalue weighted by atomic mass is 10.3. The van der Waals surface area contributed by atoms with Gasteiger partial charge in [-0.1, -0.05) is 11.6 Å². The number of carbonyl (C=O) groups excluding carboxylic acids is 2. The summed E-state index contributed by atoms with van der Waals surface area (Å²) >= 11 is 5.39. The summed E-state index contributed by atoms with van der Waals surface area (Å²) in [6.07, 6.45) is 3.22. The van der Waals surface area contributed by atoms with Crippen LogP contribution < -0.4 is 0 Å². The van der Waals surface area contributed by atoms with E-state index in [9.17, 15) is 9.59 Å². The lowest BCUT2D eigenvalue weighted by Crippen LogP contribution is -2.00. The van der Waals surface area contributed by atoms with Crippen molar-refractivity contribution in [2.75, 3.05) is 6.61 Å². The normalized spacial score (nSPS) is 14.0. The number of allylic oxidation sites excluding steroid dienone is 1. The summed E-state index contributed by atoms with van der Waals surface area (Å²) in [5, 5.41) is 0.407. The molecule has 1 heterocycles. The number of ether oxygens (including phenoxy) is 1. The SMILES string of the molecule is CCOC=O.O=C1C=NC(Cl)=CC1. The lowest BCUT2D eigenvalue weighted by molar-refractivity contribution is -0.128. The van der Waals surface area contributed by atoms with E-state index in [1.807, 2.05) is 0 Å². The van der Waals surface area contributed by atoms with Crippen molar-refractivity contribution >= 4 is 30.1 Å². The molecule has 0 aromatic rings. The van der Waals surface area contributed by atoms with Gasteiger partial charge in [0.1, 0.15) is 5.16 Å². The molecule has 0 saturated heterocycles. The molecule has 0 radical (unpaired) electrons. The molecule has 0 aromatic carbocycles. The van der Waals surface area contributed by atoms with E-state index in [1.165, 1.54) is 6.21 Å². The number of Topliss-reactive ketones (excluding diaryl/α,β-unsaturated/α-hetero) is 1. The molecule has 0 unspecified atom stereocenters. The van der Waals surface area contributed by atoms with E-state index in [-0.39, 0.29) is 5.78 Å². The Bertz CT molecular complexity index is 233. The van der Waals surface area contributed by atoms with Gasteiger partial charge in [0.25, 0.3) is 6.47 Å². The summed E-state index contributed by atoms with van der Waals surface area (Å²) in [4.78, 5) is 23.1. The molecule has 0 bridgehead atoms. The molecule has 0 saturated carbocycles. The Kier molecular flexibility index (Phi) is 6.82. The molecule has 0 aliphatic carbocycles. The number of ketones is 1. The molecule has 13 heavy (non-hydrogen) atoms. The van der Waals surface area contributed by atoms with Crippen LogP contribution >= 0.6 is 11.6 Å². The number of carbonyl (C=O) groups is 2. The molecular weight excluding hydrogens is 194 g/mol. The Morgan fingerprint density at radius 3 is 2.69 bits per heavy atom. The molecule has 72 valence electrons. The molecule has 0 spiro atoms. The fourth-order valence-corrected chi connectivity index (χ4v) is 0.618. The predicted octanol–water partition coefficient (Wildman–Crippen LogP) is 1.29. The minimum atomic E-state index is 0.00870. The molecule has 0 aromatic heterocycles. The van der Waals surface area contributed by atoms with Crippen LogP contribution in [-0.4, -0.2) is 25.1 Å². The van der Waals surface area contributed by atoms with Gasteiger partial charge < -0.3 is 4.74 Å². The van der Waals surface area contributed by atoms with E-state index in [2.05, 4.69) is 9.73 Å². The molecule has 1 aliphatic rings. The summed E-state index contributed by atoms with van der Waals surface area (Å²) in [5.74, 6) is 0.00870. The van der Waals surface area contributed by atoms with Crippen molar-refractivity contribution < 1.29 is 14.3 Å². The third kappa shape index (κ3) is 7.21. The summed E-state index contributed by atoms with van der Waals surface area (Å²) < 4.78 is 4.15. The average molecular weight is 204 g/mol. The highest BCUT2D eigenvalue weighted by Crippen LogP contribution is 2.07. The van der Waals surface area contributed by atoms with E-state index in [1.54, 1.807) is 13.0 Å². The second-order valence-electron chi connectivity index (χ2n) is 2.01. The third-order valence-electron chi connectivity index (χ3n) is 1.04. The average Bonchev–Trinajstić information content (AvgIpc) is 2.13. The molecule has 1 aliphatic heterocycles. The van der Waals surface area contributed by atoms with Gasteiger partial charge in [0.05, 0.1) is 12.8 Å². The minimum absolute atomic E-state index is 0.00870. The van der Waals surface area contributed by atoms with Gasteiger partial charge in [0, 0.05) is 6.42 Å². The van der Waals surface area contributed by atoms with Crippen LogP contribution in [0.4, 0.5) is 0 Å². The van der Waals surface area contributed by atoms with Gasteiger partial charge in [0.15, 0.2) is 5.78 Å². The maximum Gasteiger partial charge on any atom is 0.293 e. The summed E-state index contributed by atoms with van der Waals surface area (Å²) in [5.41, 5.74) is 0. The maximum atomic E-state index is 10.4. The highest BCUT2D eigenvalue weighted by molar-refractivity contribution is 6.35. The quantitative estimate of drug-likeness (QED) is 0.502. The Hall–Kier alpha value is -1.16. The zero-order valence-corrected chi connectivity index (χ0v) is 7.95. The first-order valence-corrected chi connectivity index (χ1v) is 4.06. The van der Waals surface area contributed by atoms with E-state index < -0.39 is 0 Å². The van der Waals surface area contributed by atoms with Crippen molar-refractivity contribution in [2.24, 2.45) is 4.99 Å². The Labute approximate surface area is 81.2 Å². The van der Waals surface area contributed by atoms with E-state index in [4.69, 9.17) is 11.6 Å². The van der Waals surface area contributed by atoms with Crippen LogP contribution in [0.1, 0.15) is 13.3 Å². The number of nitrogens with zero attached hydrogens (tertiary/aromatic N) is 1. The highest BCUT2D eigenvalue weighted by Gasteiger charge is 2.00. The van der Waals surface area contributed by atoms with E-state index >= 15 is 0 Å². The first-order chi connectivity index (χ1) is 6.20. The molecule has 1 rings (SSSR count). The monoisotopic (exact) mass is 203 g/mol. The maximum absolute atomic E-state index is 10.4. The van der Waals surface area contributed by atoms with Gasteiger partial charge >= 0.3 is 0 Å². The van der Waals surface area contributed by atoms with Crippen LogP contribution in [0.25, 0.3) is 0 Å². The first kappa shape index (κ1) is 11.8. The smallest absolute Gasteiger partial charge is 0.293 e. The number of halogens is 1. The van der Waals surface area contributed by atoms with Crippen LogP contribution in [0.3, 0.4) is 0 Å². The Morgan fingerprint density at radius 1 is 1.77 bits per heavy atom. The molecule has 5 heteroatoms. The predicted molar refractivity (Wildman–Crippen MR) is 49.7 cm³/mol. The van der Waals surface area contributed by atoms with Crippen LogP contribution in [0.5, 0.6) is 0 Å². The minimum Gasteiger partial charge on any atom is -0.468 e. The molecule has 0 atom stereocenters. The zero-order chi connectivity index (χ0) is 10.1. The second kappa shape index (κ2) is 7.49. The lowest BCUT2D eigenvalue weighted by Gasteiger charge is -1.93. The fourth-order valence-electron chi connectivity index (χ4n) is 0.492. The largest absolute Gasteiger partial charge is 0.468 e. The molecule has 0 N–H and O–H groups in total. The van der Waals surface area contributed by atoms with Crippen molar-refractivity contribution in [2.45, 2.75) is 13.3 Å². The van der Waals surface area contributed by atoms with Gasteiger partial charge in [-0.25, -0.2) is 4.99 Å². The summed E-state index contributed by atoms with van der Waals surface area (Å²) in [6, 6.07) is 0. The number of hydrogen-bond acceptors (Lipinski definition) is 4. The standard InChI is InChI=1S/C5H4ClNO.C3H6O2/c6-5-2-1-4(8)3-7-5;1-2-5-3-4/h2-3H,1H2;3H,2H2,1H3. The highest BCUT2D eigenvalue weighted by atomic mass is 35.5. The Balaban J connectivity index is 0.000000252. The number of rotatable bonds is 2. The van der Waals surface area contributed by atoms with Crippen molar-refractivity contribution in [1.29, 1.82) is 0 Å². The van der Waals surface area contributed by atoms with Crippen molar-refractivity contribution in [3.8, 4) is 0 Å². The third-order valence-corrected chi connectivity index (χ3v) is 1.29. The van der Waals surface area contributed by atoms with E-state index in [0.29, 0.717) is 24.7 Å². The molecule has 0 fully saturated rings. The van der Waals surface area contributed by atoms with Crippen molar-refractivity contribution in [3.63, 3.8) is 0 Å².